The summed E-state index contributed by atoms with van der Waals surface area (Å²) in [5.41, 5.74) is 0. The summed E-state index contributed by atoms with van der Waals surface area (Å²) < 4.78 is 5.58. The van der Waals surface area contributed by atoms with E-state index in [0.717, 1.165) is 19.7 Å². The molecule has 1 N–H and O–H groups in total. The Morgan fingerprint density at radius 1 is 1.47 bits per heavy atom. The topological polar surface area (TPSA) is 24.5 Å². The van der Waals surface area contributed by atoms with Crippen molar-refractivity contribution in [3.63, 3.8) is 0 Å². The maximum Gasteiger partial charge on any atom is 0.0673 e. The van der Waals surface area contributed by atoms with Crippen LogP contribution in [-0.4, -0.2) is 49.8 Å². The number of rotatable bonds is 6. The number of nitrogens with one attached hydrogen (secondary N) is 1. The first-order chi connectivity index (χ1) is 7.26. The lowest BCUT2D eigenvalue weighted by Gasteiger charge is -2.34. The van der Waals surface area contributed by atoms with Crippen LogP contribution < -0.4 is 5.32 Å². The van der Waals surface area contributed by atoms with Crippen molar-refractivity contribution >= 4 is 0 Å². The van der Waals surface area contributed by atoms with Gasteiger partial charge in [0.2, 0.25) is 0 Å². The number of nitrogens with zero attached hydrogens (tertiary/aromatic N) is 1. The summed E-state index contributed by atoms with van der Waals surface area (Å²) in [7, 11) is 0. The monoisotopic (exact) mass is 214 g/mol. The summed E-state index contributed by atoms with van der Waals surface area (Å²) in [5, 5.41) is 3.54. The third kappa shape index (κ3) is 4.96. The maximum absolute atomic E-state index is 5.58. The second-order valence-corrected chi connectivity index (χ2v) is 4.42. The largest absolute Gasteiger partial charge is 0.377 e. The average Bonchev–Trinajstić information content (AvgIpc) is 2.19. The molecule has 0 spiro atoms. The summed E-state index contributed by atoms with van der Waals surface area (Å²) >= 11 is 0. The Bertz CT molecular complexity index is 160. The summed E-state index contributed by atoms with van der Waals surface area (Å²) in [5.74, 6) is 0. The summed E-state index contributed by atoms with van der Waals surface area (Å²) in [6.07, 6.45) is 3.01. The minimum absolute atomic E-state index is 0.371. The van der Waals surface area contributed by atoms with Gasteiger partial charge in [-0.2, -0.15) is 0 Å². The number of piperidine rings is 1. The minimum Gasteiger partial charge on any atom is -0.377 e. The Morgan fingerprint density at radius 2 is 2.27 bits per heavy atom. The van der Waals surface area contributed by atoms with Crippen LogP contribution in [0.15, 0.2) is 0 Å². The molecule has 0 aliphatic carbocycles. The Labute approximate surface area is 94.2 Å². The lowest BCUT2D eigenvalue weighted by molar-refractivity contribution is 0.0369. The summed E-state index contributed by atoms with van der Waals surface area (Å²) in [6, 6.07) is 0.692. The van der Waals surface area contributed by atoms with Gasteiger partial charge in [0.15, 0.2) is 0 Å². The third-order valence-electron chi connectivity index (χ3n) is 2.96. The van der Waals surface area contributed by atoms with E-state index in [9.17, 15) is 0 Å². The van der Waals surface area contributed by atoms with Crippen molar-refractivity contribution in [3.05, 3.63) is 0 Å². The van der Waals surface area contributed by atoms with Gasteiger partial charge in [-0.05, 0) is 39.8 Å². The zero-order valence-corrected chi connectivity index (χ0v) is 10.5. The molecule has 2 unspecified atom stereocenters. The first-order valence-corrected chi connectivity index (χ1v) is 6.33. The van der Waals surface area contributed by atoms with Crippen molar-refractivity contribution in [2.45, 2.75) is 45.8 Å². The van der Waals surface area contributed by atoms with Crippen molar-refractivity contribution < 1.29 is 4.74 Å². The first kappa shape index (κ1) is 12.9. The van der Waals surface area contributed by atoms with E-state index >= 15 is 0 Å². The highest BCUT2D eigenvalue weighted by Crippen LogP contribution is 2.10. The smallest absolute Gasteiger partial charge is 0.0673 e. The average molecular weight is 214 g/mol. The van der Waals surface area contributed by atoms with Crippen molar-refractivity contribution in [1.29, 1.82) is 0 Å². The van der Waals surface area contributed by atoms with Crippen LogP contribution >= 0.6 is 0 Å². The molecular formula is C12H26N2O. The Hall–Kier alpha value is -0.120. The van der Waals surface area contributed by atoms with Crippen LogP contribution in [0, 0.1) is 0 Å². The van der Waals surface area contributed by atoms with E-state index in [4.69, 9.17) is 4.74 Å². The molecule has 0 aromatic rings. The second-order valence-electron chi connectivity index (χ2n) is 4.42. The quantitative estimate of drug-likeness (QED) is 0.725. The molecule has 1 saturated heterocycles. The van der Waals surface area contributed by atoms with Crippen LogP contribution in [0.5, 0.6) is 0 Å². The predicted octanol–water partition coefficient (Wildman–Crippen LogP) is 1.49. The highest BCUT2D eigenvalue weighted by atomic mass is 16.5. The number of likely N-dealkylation sites (tertiary alicyclic amines) is 1. The zero-order valence-electron chi connectivity index (χ0n) is 10.5. The Balaban J connectivity index is 2.23. The number of likely N-dealkylation sites (N-methyl/N-ethyl adjacent to an activating group) is 1. The van der Waals surface area contributed by atoms with Crippen molar-refractivity contribution in [3.8, 4) is 0 Å². The van der Waals surface area contributed by atoms with Crippen LogP contribution in [0.25, 0.3) is 0 Å². The van der Waals surface area contributed by atoms with Gasteiger partial charge in [-0.3, -0.25) is 4.90 Å². The first-order valence-electron chi connectivity index (χ1n) is 6.33. The van der Waals surface area contributed by atoms with Gasteiger partial charge in [0, 0.05) is 25.7 Å². The van der Waals surface area contributed by atoms with Crippen LogP contribution in [0.3, 0.4) is 0 Å². The standard InChI is InChI=1S/C12H26N2O/c1-4-13-12-7-6-8-14(10-12)9-11(3)15-5-2/h11-13H,4-10H2,1-3H3. The molecule has 1 fully saturated rings. The molecular weight excluding hydrogens is 188 g/mol. The van der Waals surface area contributed by atoms with Gasteiger partial charge in [-0.1, -0.05) is 6.92 Å². The molecule has 0 aromatic heterocycles. The fourth-order valence-corrected chi connectivity index (χ4v) is 2.38. The van der Waals surface area contributed by atoms with E-state index in [2.05, 4.69) is 31.0 Å². The number of hydrogen-bond donors (Lipinski definition) is 1. The molecule has 3 heteroatoms. The van der Waals surface area contributed by atoms with E-state index in [1.165, 1.54) is 25.9 Å². The molecule has 1 aliphatic heterocycles. The van der Waals surface area contributed by atoms with E-state index in [1.54, 1.807) is 0 Å². The van der Waals surface area contributed by atoms with Gasteiger partial charge in [-0.15, -0.1) is 0 Å². The molecule has 90 valence electrons. The molecule has 3 nitrogen and oxygen atoms in total. The maximum atomic E-state index is 5.58. The summed E-state index contributed by atoms with van der Waals surface area (Å²) in [4.78, 5) is 2.52. The predicted molar refractivity (Wildman–Crippen MR) is 64.2 cm³/mol. The van der Waals surface area contributed by atoms with Crippen molar-refractivity contribution in [1.82, 2.24) is 10.2 Å². The van der Waals surface area contributed by atoms with Gasteiger partial charge in [0.25, 0.3) is 0 Å². The Morgan fingerprint density at radius 3 is 2.93 bits per heavy atom. The minimum atomic E-state index is 0.371. The van der Waals surface area contributed by atoms with Crippen molar-refractivity contribution in [2.24, 2.45) is 0 Å². The molecule has 0 amide bonds. The fourth-order valence-electron chi connectivity index (χ4n) is 2.38. The van der Waals surface area contributed by atoms with Crippen LogP contribution in [0.4, 0.5) is 0 Å². The van der Waals surface area contributed by atoms with Gasteiger partial charge < -0.3 is 10.1 Å². The van der Waals surface area contributed by atoms with Gasteiger partial charge in [0.05, 0.1) is 6.10 Å². The molecule has 1 heterocycles. The van der Waals surface area contributed by atoms with Crippen LogP contribution in [0.1, 0.15) is 33.6 Å². The van der Waals surface area contributed by atoms with Gasteiger partial charge >= 0.3 is 0 Å². The highest BCUT2D eigenvalue weighted by Gasteiger charge is 2.20. The van der Waals surface area contributed by atoms with Crippen LogP contribution in [-0.2, 0) is 4.74 Å². The molecule has 1 aliphatic rings. The Kier molecular flexibility index (Phi) is 6.22. The lowest BCUT2D eigenvalue weighted by Crippen LogP contribution is -2.47. The molecule has 0 radical (unpaired) electrons. The van der Waals surface area contributed by atoms with E-state index in [0.29, 0.717) is 12.1 Å². The highest BCUT2D eigenvalue weighted by molar-refractivity contribution is 4.78. The molecule has 1 rings (SSSR count). The normalized spacial score (nSPS) is 25.4. The van der Waals surface area contributed by atoms with Crippen LogP contribution in [0.2, 0.25) is 0 Å². The third-order valence-corrected chi connectivity index (χ3v) is 2.96. The van der Waals surface area contributed by atoms with Gasteiger partial charge in [0.1, 0.15) is 0 Å². The molecule has 0 bridgehead atoms. The van der Waals surface area contributed by atoms with Gasteiger partial charge in [-0.25, -0.2) is 0 Å². The van der Waals surface area contributed by atoms with E-state index in [-0.39, 0.29) is 0 Å². The SMILES string of the molecule is CCNC1CCCN(CC(C)OCC)C1. The van der Waals surface area contributed by atoms with Crippen molar-refractivity contribution in [2.75, 3.05) is 32.8 Å². The molecule has 0 aromatic carbocycles. The second kappa shape index (κ2) is 7.20. The lowest BCUT2D eigenvalue weighted by atomic mass is 10.1. The zero-order chi connectivity index (χ0) is 11.1. The summed E-state index contributed by atoms with van der Waals surface area (Å²) in [6.45, 7) is 11.8. The number of ether oxygens (including phenoxy) is 1. The molecule has 0 saturated carbocycles. The number of hydrogen-bond acceptors (Lipinski definition) is 3. The fraction of sp³-hybridized carbons (Fsp3) is 1.00. The van der Waals surface area contributed by atoms with E-state index < -0.39 is 0 Å². The molecule has 15 heavy (non-hydrogen) atoms. The molecule has 2 atom stereocenters. The van der Waals surface area contributed by atoms with E-state index in [1.807, 2.05) is 0 Å².